The van der Waals surface area contributed by atoms with E-state index >= 15 is 0 Å². The summed E-state index contributed by atoms with van der Waals surface area (Å²) < 4.78 is 5.62. The molecule has 0 fully saturated rings. The number of benzene rings is 3. The Morgan fingerprint density at radius 2 is 1.53 bits per heavy atom. The van der Waals surface area contributed by atoms with E-state index in [0.29, 0.717) is 13.0 Å². The summed E-state index contributed by atoms with van der Waals surface area (Å²) >= 11 is 0. The Bertz CT molecular complexity index is 1140. The summed E-state index contributed by atoms with van der Waals surface area (Å²) in [6, 6.07) is 27.5. The number of carbonyl (C=O) groups excluding carboxylic acids is 1. The Morgan fingerprint density at radius 3 is 2.19 bits per heavy atom. The minimum Gasteiger partial charge on any atom is -0.464 e. The lowest BCUT2D eigenvalue weighted by atomic mass is 10.0. The van der Waals surface area contributed by atoms with Crippen molar-refractivity contribution in [3.63, 3.8) is 0 Å². The summed E-state index contributed by atoms with van der Waals surface area (Å²) in [4.78, 5) is 21.4. The van der Waals surface area contributed by atoms with E-state index < -0.39 is 6.04 Å². The normalized spacial score (nSPS) is 11.8. The number of fused-ring (bicyclic) bond motifs is 1. The molecule has 0 spiro atoms. The van der Waals surface area contributed by atoms with Gasteiger partial charge >= 0.3 is 5.97 Å². The second-order valence-electron chi connectivity index (χ2n) is 7.81. The molecule has 4 nitrogen and oxygen atoms in total. The lowest BCUT2D eigenvalue weighted by molar-refractivity contribution is -0.145. The summed E-state index contributed by atoms with van der Waals surface area (Å²) in [6.07, 6.45) is 4.26. The Balaban J connectivity index is 1.74. The van der Waals surface area contributed by atoms with Crippen molar-refractivity contribution in [2.75, 3.05) is 6.61 Å². The molecule has 4 heteroatoms. The molecule has 0 amide bonds. The molecule has 32 heavy (non-hydrogen) atoms. The van der Waals surface area contributed by atoms with Crippen molar-refractivity contribution < 1.29 is 9.53 Å². The number of nitrogens with zero attached hydrogens (tertiary/aromatic N) is 1. The zero-order valence-corrected chi connectivity index (χ0v) is 18.3. The highest BCUT2D eigenvalue weighted by Crippen LogP contribution is 2.22. The smallest absolute Gasteiger partial charge is 0.331 e. The predicted molar refractivity (Wildman–Crippen MR) is 130 cm³/mol. The molecule has 3 aromatic carbocycles. The monoisotopic (exact) mass is 424 g/mol. The van der Waals surface area contributed by atoms with Crippen LogP contribution in [-0.4, -0.2) is 29.3 Å². The number of hydrogen-bond donors (Lipinski definition) is 1. The van der Waals surface area contributed by atoms with E-state index in [4.69, 9.17) is 9.73 Å². The zero-order valence-electron chi connectivity index (χ0n) is 18.3. The number of unbranched alkanes of at least 4 members (excludes halogenated alkanes) is 1. The number of nitrogens with one attached hydrogen (secondary N) is 1. The zero-order chi connectivity index (χ0) is 22.2. The van der Waals surface area contributed by atoms with Crippen molar-refractivity contribution in [1.29, 1.82) is 0 Å². The number of hydrogen-bond acceptors (Lipinski definition) is 3. The third-order valence-corrected chi connectivity index (χ3v) is 5.48. The molecule has 4 aromatic rings. The SMILES string of the molecule is CCCCOC(=O)C(Cc1c[nH]c2ccccc12)N=C(c1ccccc1)c1ccccc1. The topological polar surface area (TPSA) is 54.5 Å². The first-order chi connectivity index (χ1) is 15.8. The first-order valence-electron chi connectivity index (χ1n) is 11.2. The van der Waals surface area contributed by atoms with E-state index in [1.807, 2.05) is 85.1 Å². The van der Waals surface area contributed by atoms with E-state index in [-0.39, 0.29) is 5.97 Å². The number of aliphatic imine (C=N–C) groups is 1. The Kier molecular flexibility index (Phi) is 7.13. The average molecular weight is 425 g/mol. The molecule has 0 bridgehead atoms. The fraction of sp³-hybridized carbons (Fsp3) is 0.214. The van der Waals surface area contributed by atoms with Crippen LogP contribution in [0, 0.1) is 0 Å². The predicted octanol–water partition coefficient (Wildman–Crippen LogP) is 5.96. The van der Waals surface area contributed by atoms with E-state index in [9.17, 15) is 4.79 Å². The van der Waals surface area contributed by atoms with E-state index in [1.165, 1.54) is 0 Å². The lowest BCUT2D eigenvalue weighted by Crippen LogP contribution is -2.26. The minimum absolute atomic E-state index is 0.284. The van der Waals surface area contributed by atoms with E-state index in [2.05, 4.69) is 18.0 Å². The van der Waals surface area contributed by atoms with Crippen molar-refractivity contribution in [1.82, 2.24) is 4.98 Å². The van der Waals surface area contributed by atoms with Gasteiger partial charge in [-0.1, -0.05) is 92.2 Å². The van der Waals surface area contributed by atoms with Crippen LogP contribution in [0.5, 0.6) is 0 Å². The third-order valence-electron chi connectivity index (χ3n) is 5.48. The number of para-hydroxylation sites is 1. The maximum Gasteiger partial charge on any atom is 0.331 e. The van der Waals surface area contributed by atoms with Gasteiger partial charge in [0.2, 0.25) is 0 Å². The highest BCUT2D eigenvalue weighted by molar-refractivity contribution is 6.13. The van der Waals surface area contributed by atoms with Crippen LogP contribution >= 0.6 is 0 Å². The van der Waals surface area contributed by atoms with Gasteiger partial charge in [-0.2, -0.15) is 0 Å². The van der Waals surface area contributed by atoms with Crippen molar-refractivity contribution in [3.8, 4) is 0 Å². The summed E-state index contributed by atoms with van der Waals surface area (Å²) in [7, 11) is 0. The van der Waals surface area contributed by atoms with Crippen LogP contribution in [-0.2, 0) is 16.0 Å². The third kappa shape index (κ3) is 5.14. The van der Waals surface area contributed by atoms with Crippen LogP contribution in [0.2, 0.25) is 0 Å². The molecule has 0 saturated carbocycles. The van der Waals surface area contributed by atoms with Crippen LogP contribution < -0.4 is 0 Å². The van der Waals surface area contributed by atoms with Gasteiger partial charge in [0.05, 0.1) is 12.3 Å². The second kappa shape index (κ2) is 10.6. The summed E-state index contributed by atoms with van der Waals surface area (Å²) in [5.41, 5.74) is 4.86. The number of aromatic amines is 1. The Morgan fingerprint density at radius 1 is 0.906 bits per heavy atom. The largest absolute Gasteiger partial charge is 0.464 e. The van der Waals surface area contributed by atoms with Gasteiger partial charge in [0.1, 0.15) is 0 Å². The van der Waals surface area contributed by atoms with E-state index in [0.717, 1.165) is 46.1 Å². The number of esters is 1. The van der Waals surface area contributed by atoms with Gasteiger partial charge in [-0.05, 0) is 18.1 Å². The van der Waals surface area contributed by atoms with Crippen LogP contribution in [0.25, 0.3) is 10.9 Å². The van der Waals surface area contributed by atoms with E-state index in [1.54, 1.807) is 0 Å². The van der Waals surface area contributed by atoms with Gasteiger partial charge < -0.3 is 9.72 Å². The molecular formula is C28H28N2O2. The fourth-order valence-corrected chi connectivity index (χ4v) is 3.77. The summed E-state index contributed by atoms with van der Waals surface area (Å²) in [5.74, 6) is -0.284. The lowest BCUT2D eigenvalue weighted by Gasteiger charge is -2.15. The van der Waals surface area contributed by atoms with Gasteiger partial charge in [0, 0.05) is 34.6 Å². The standard InChI is InChI=1S/C28H28N2O2/c1-2-3-18-32-28(31)26(19-23-20-29-25-17-11-10-16-24(23)25)30-27(21-12-6-4-7-13-21)22-14-8-5-9-15-22/h4-17,20,26,29H,2-3,18-19H2,1H3. The summed E-state index contributed by atoms with van der Waals surface area (Å²) in [5, 5.41) is 1.11. The molecule has 1 aromatic heterocycles. The molecule has 0 radical (unpaired) electrons. The molecule has 0 saturated heterocycles. The van der Waals surface area contributed by atoms with Gasteiger partial charge in [0.15, 0.2) is 6.04 Å². The molecule has 0 aliphatic carbocycles. The van der Waals surface area contributed by atoms with Crippen LogP contribution in [0.3, 0.4) is 0 Å². The van der Waals surface area contributed by atoms with Crippen molar-refractivity contribution >= 4 is 22.6 Å². The van der Waals surface area contributed by atoms with Gasteiger partial charge in [-0.25, -0.2) is 4.79 Å². The summed E-state index contributed by atoms with van der Waals surface area (Å²) in [6.45, 7) is 2.50. The molecular weight excluding hydrogens is 396 g/mol. The van der Waals surface area contributed by atoms with Crippen molar-refractivity contribution in [2.24, 2.45) is 4.99 Å². The van der Waals surface area contributed by atoms with Gasteiger partial charge in [0.25, 0.3) is 0 Å². The first kappa shape index (κ1) is 21.6. The fourth-order valence-electron chi connectivity index (χ4n) is 3.77. The maximum atomic E-state index is 13.1. The Labute approximate surface area is 189 Å². The molecule has 0 aliphatic heterocycles. The first-order valence-corrected chi connectivity index (χ1v) is 11.2. The molecule has 4 rings (SSSR count). The second-order valence-corrected chi connectivity index (χ2v) is 7.81. The molecule has 1 heterocycles. The molecule has 1 N–H and O–H groups in total. The Hall–Kier alpha value is -3.66. The van der Waals surface area contributed by atoms with Gasteiger partial charge in [-0.3, -0.25) is 4.99 Å². The van der Waals surface area contributed by atoms with Crippen LogP contribution in [0.4, 0.5) is 0 Å². The van der Waals surface area contributed by atoms with Crippen molar-refractivity contribution in [3.05, 3.63) is 108 Å². The van der Waals surface area contributed by atoms with Crippen molar-refractivity contribution in [2.45, 2.75) is 32.2 Å². The molecule has 1 unspecified atom stereocenters. The molecule has 0 aliphatic rings. The number of rotatable bonds is 9. The number of H-pyrrole nitrogens is 1. The quantitative estimate of drug-likeness (QED) is 0.205. The highest BCUT2D eigenvalue weighted by atomic mass is 16.5. The number of ether oxygens (including phenoxy) is 1. The number of aromatic nitrogens is 1. The number of carbonyl (C=O) groups is 1. The van der Waals surface area contributed by atoms with Crippen LogP contribution in [0.1, 0.15) is 36.5 Å². The minimum atomic E-state index is -0.638. The molecule has 162 valence electrons. The highest BCUT2D eigenvalue weighted by Gasteiger charge is 2.23. The average Bonchev–Trinajstić information content (AvgIpc) is 3.25. The van der Waals surface area contributed by atoms with Gasteiger partial charge in [-0.15, -0.1) is 0 Å². The van der Waals surface area contributed by atoms with Crippen LogP contribution in [0.15, 0.2) is 96.1 Å². The maximum absolute atomic E-state index is 13.1. The molecule has 1 atom stereocenters.